The normalized spacial score (nSPS) is 12.1. The van der Waals surface area contributed by atoms with Crippen LogP contribution in [0.5, 0.6) is 0 Å². The number of nitrogens with one attached hydrogen (secondary N) is 2. The van der Waals surface area contributed by atoms with E-state index in [4.69, 9.17) is 0 Å². The Bertz CT molecular complexity index is 792. The summed E-state index contributed by atoms with van der Waals surface area (Å²) < 4.78 is 2.13. The van der Waals surface area contributed by atoms with Gasteiger partial charge in [-0.2, -0.15) is 0 Å². The molecule has 0 aliphatic carbocycles. The first kappa shape index (κ1) is 14.2. The van der Waals surface area contributed by atoms with Crippen molar-refractivity contribution >= 4 is 16.9 Å². The Hall–Kier alpha value is -2.75. The number of urea groups is 1. The molecule has 0 saturated carbocycles. The Balaban J connectivity index is 2.11. The van der Waals surface area contributed by atoms with E-state index in [0.29, 0.717) is 0 Å². The van der Waals surface area contributed by atoms with E-state index in [2.05, 4.69) is 33.4 Å². The predicted molar refractivity (Wildman–Crippen MR) is 88.8 cm³/mol. The van der Waals surface area contributed by atoms with Gasteiger partial charge in [0.2, 0.25) is 0 Å². The van der Waals surface area contributed by atoms with Gasteiger partial charge in [0, 0.05) is 25.3 Å². The molecule has 2 N–H and O–H groups in total. The van der Waals surface area contributed by atoms with Gasteiger partial charge in [-0.25, -0.2) is 4.79 Å². The zero-order valence-corrected chi connectivity index (χ0v) is 12.7. The lowest BCUT2D eigenvalue weighted by Gasteiger charge is -2.20. The van der Waals surface area contributed by atoms with Crippen LogP contribution in [0.4, 0.5) is 4.79 Å². The minimum absolute atomic E-state index is 0.195. The van der Waals surface area contributed by atoms with Gasteiger partial charge in [-0.05, 0) is 23.1 Å². The molecule has 1 aromatic heterocycles. The van der Waals surface area contributed by atoms with Crippen LogP contribution in [0.2, 0.25) is 0 Å². The summed E-state index contributed by atoms with van der Waals surface area (Å²) in [4.78, 5) is 11.9. The highest BCUT2D eigenvalue weighted by Crippen LogP contribution is 2.27. The van der Waals surface area contributed by atoms with Crippen molar-refractivity contribution in [2.24, 2.45) is 7.05 Å². The molecule has 1 atom stereocenters. The van der Waals surface area contributed by atoms with E-state index in [-0.39, 0.29) is 12.1 Å². The van der Waals surface area contributed by atoms with E-state index in [1.165, 1.54) is 5.39 Å². The average Bonchev–Trinajstić information content (AvgIpc) is 2.90. The summed E-state index contributed by atoms with van der Waals surface area (Å²) in [6.45, 7) is 0. The summed E-state index contributed by atoms with van der Waals surface area (Å²) in [5.74, 6) is 0. The van der Waals surface area contributed by atoms with Gasteiger partial charge in [-0.3, -0.25) is 0 Å². The largest absolute Gasteiger partial charge is 0.345 e. The van der Waals surface area contributed by atoms with Gasteiger partial charge in [-0.15, -0.1) is 0 Å². The van der Waals surface area contributed by atoms with Crippen LogP contribution in [-0.4, -0.2) is 17.6 Å². The van der Waals surface area contributed by atoms with Crippen LogP contribution < -0.4 is 10.6 Å². The minimum Gasteiger partial charge on any atom is -0.345 e. The number of para-hydroxylation sites is 1. The topological polar surface area (TPSA) is 46.1 Å². The fraction of sp³-hybridized carbons (Fsp3) is 0.167. The summed E-state index contributed by atoms with van der Waals surface area (Å²) in [6, 6.07) is 19.9. The van der Waals surface area contributed by atoms with Crippen LogP contribution in [-0.2, 0) is 7.05 Å². The summed E-state index contributed by atoms with van der Waals surface area (Å²) in [6.07, 6.45) is 0. The second kappa shape index (κ2) is 5.93. The lowest BCUT2D eigenvalue weighted by molar-refractivity contribution is 0.240. The molecule has 0 saturated heterocycles. The first-order valence-electron chi connectivity index (χ1n) is 7.28. The molecule has 1 heterocycles. The van der Waals surface area contributed by atoms with Crippen LogP contribution in [0, 0.1) is 0 Å². The Labute approximate surface area is 129 Å². The number of hydrogen-bond donors (Lipinski definition) is 2. The van der Waals surface area contributed by atoms with Crippen LogP contribution in [0.25, 0.3) is 10.9 Å². The zero-order chi connectivity index (χ0) is 15.5. The number of carbonyl (C=O) groups excluding carboxylic acids is 1. The Morgan fingerprint density at radius 3 is 2.41 bits per heavy atom. The molecule has 0 spiro atoms. The quantitative estimate of drug-likeness (QED) is 0.765. The second-order valence-corrected chi connectivity index (χ2v) is 5.25. The van der Waals surface area contributed by atoms with Gasteiger partial charge in [0.1, 0.15) is 0 Å². The van der Waals surface area contributed by atoms with E-state index in [1.807, 2.05) is 49.5 Å². The fourth-order valence-corrected chi connectivity index (χ4v) is 2.76. The van der Waals surface area contributed by atoms with Gasteiger partial charge in [0.05, 0.1) is 6.04 Å². The van der Waals surface area contributed by atoms with E-state index in [9.17, 15) is 4.79 Å². The summed E-state index contributed by atoms with van der Waals surface area (Å²) in [5, 5.41) is 6.83. The molecule has 2 aromatic carbocycles. The van der Waals surface area contributed by atoms with Crippen molar-refractivity contribution in [2.75, 3.05) is 7.05 Å². The average molecular weight is 293 g/mol. The zero-order valence-electron chi connectivity index (χ0n) is 12.7. The number of nitrogens with zero attached hydrogens (tertiary/aromatic N) is 1. The van der Waals surface area contributed by atoms with E-state index in [0.717, 1.165) is 16.8 Å². The van der Waals surface area contributed by atoms with Gasteiger partial charge in [-0.1, -0.05) is 48.5 Å². The molecule has 0 bridgehead atoms. The monoisotopic (exact) mass is 293 g/mol. The molecule has 0 aliphatic heterocycles. The maximum absolute atomic E-state index is 11.9. The highest BCUT2D eigenvalue weighted by Gasteiger charge is 2.20. The highest BCUT2D eigenvalue weighted by molar-refractivity contribution is 5.82. The number of carbonyl (C=O) groups is 1. The lowest BCUT2D eigenvalue weighted by atomic mass is 10.0. The maximum Gasteiger partial charge on any atom is 0.315 e. The smallest absolute Gasteiger partial charge is 0.315 e. The highest BCUT2D eigenvalue weighted by atomic mass is 16.2. The molecule has 4 heteroatoms. The van der Waals surface area contributed by atoms with Crippen molar-refractivity contribution in [2.45, 2.75) is 6.04 Å². The maximum atomic E-state index is 11.9. The summed E-state index contributed by atoms with van der Waals surface area (Å²) in [7, 11) is 3.65. The molecule has 112 valence electrons. The number of fused-ring (bicyclic) bond motifs is 1. The molecule has 2 amide bonds. The Kier molecular flexibility index (Phi) is 3.83. The third-order valence-corrected chi connectivity index (χ3v) is 3.92. The second-order valence-electron chi connectivity index (χ2n) is 5.25. The van der Waals surface area contributed by atoms with Gasteiger partial charge >= 0.3 is 6.03 Å². The number of aromatic nitrogens is 1. The molecule has 0 aliphatic rings. The lowest BCUT2D eigenvalue weighted by Crippen LogP contribution is -2.36. The first-order valence-corrected chi connectivity index (χ1v) is 7.28. The molecular weight excluding hydrogens is 274 g/mol. The number of rotatable bonds is 3. The van der Waals surface area contributed by atoms with Crippen LogP contribution >= 0.6 is 0 Å². The minimum atomic E-state index is -0.196. The first-order chi connectivity index (χ1) is 10.7. The number of amides is 2. The molecule has 22 heavy (non-hydrogen) atoms. The number of aryl methyl sites for hydroxylation is 1. The van der Waals surface area contributed by atoms with Crippen molar-refractivity contribution < 1.29 is 4.79 Å². The van der Waals surface area contributed by atoms with Crippen LogP contribution in [0.1, 0.15) is 17.3 Å². The standard InChI is InChI=1S/C18H19N3O/c1-19-18(22)20-17(13-8-4-3-5-9-13)16-12-14-10-6-7-11-15(14)21(16)2/h3-12,17H,1-2H3,(H2,19,20,22). The number of benzene rings is 2. The molecular formula is C18H19N3O. The van der Waals surface area contributed by atoms with Gasteiger partial charge in [0.25, 0.3) is 0 Å². The van der Waals surface area contributed by atoms with Gasteiger partial charge < -0.3 is 15.2 Å². The van der Waals surface area contributed by atoms with Crippen LogP contribution in [0.3, 0.4) is 0 Å². The summed E-state index contributed by atoms with van der Waals surface area (Å²) in [5.41, 5.74) is 3.25. The SMILES string of the molecule is CNC(=O)NC(c1ccccc1)c1cc2ccccc2n1C. The molecule has 4 nitrogen and oxygen atoms in total. The number of hydrogen-bond acceptors (Lipinski definition) is 1. The molecule has 3 aromatic rings. The fourth-order valence-electron chi connectivity index (χ4n) is 2.76. The Morgan fingerprint density at radius 1 is 1.05 bits per heavy atom. The van der Waals surface area contributed by atoms with Gasteiger partial charge in [0.15, 0.2) is 0 Å². The van der Waals surface area contributed by atoms with Crippen molar-refractivity contribution in [1.29, 1.82) is 0 Å². The Morgan fingerprint density at radius 2 is 1.73 bits per heavy atom. The predicted octanol–water partition coefficient (Wildman–Crippen LogP) is 3.20. The van der Waals surface area contributed by atoms with Crippen molar-refractivity contribution in [3.8, 4) is 0 Å². The molecule has 1 unspecified atom stereocenters. The van der Waals surface area contributed by atoms with E-state index in [1.54, 1.807) is 7.05 Å². The molecule has 3 rings (SSSR count). The molecule has 0 radical (unpaired) electrons. The molecule has 0 fully saturated rings. The summed E-state index contributed by atoms with van der Waals surface area (Å²) >= 11 is 0. The van der Waals surface area contributed by atoms with Crippen molar-refractivity contribution in [3.63, 3.8) is 0 Å². The third kappa shape index (κ3) is 2.55. The van der Waals surface area contributed by atoms with Crippen molar-refractivity contribution in [1.82, 2.24) is 15.2 Å². The third-order valence-electron chi connectivity index (χ3n) is 3.92. The van der Waals surface area contributed by atoms with Crippen molar-refractivity contribution in [3.05, 3.63) is 71.9 Å². The van der Waals surface area contributed by atoms with Crippen LogP contribution in [0.15, 0.2) is 60.7 Å². The van der Waals surface area contributed by atoms with E-state index < -0.39 is 0 Å². The van der Waals surface area contributed by atoms with E-state index >= 15 is 0 Å².